The summed E-state index contributed by atoms with van der Waals surface area (Å²) in [5.41, 5.74) is -0.104. The van der Waals surface area contributed by atoms with Crippen LogP contribution in [0.2, 0.25) is 5.02 Å². The van der Waals surface area contributed by atoms with Crippen molar-refractivity contribution in [3.63, 3.8) is 0 Å². The highest BCUT2D eigenvalue weighted by molar-refractivity contribution is 8.03. The zero-order valence-electron chi connectivity index (χ0n) is 16.8. The molecule has 0 bridgehead atoms. The Bertz CT molecular complexity index is 1150. The molecule has 2 atom stereocenters. The Balaban J connectivity index is 1.66. The first kappa shape index (κ1) is 24.3. The molecule has 2 aromatic carbocycles. The average molecular weight is 506 g/mol. The van der Waals surface area contributed by atoms with E-state index in [0.29, 0.717) is 5.56 Å². The molecule has 172 valence electrons. The quantitative estimate of drug-likeness (QED) is 0.526. The second kappa shape index (κ2) is 8.87. The fourth-order valence-electron chi connectivity index (χ4n) is 2.90. The summed E-state index contributed by atoms with van der Waals surface area (Å²) in [6.07, 6.45) is -4.53. The number of hydrogen-bond acceptors (Lipinski definition) is 5. The van der Waals surface area contributed by atoms with Crippen molar-refractivity contribution in [2.24, 2.45) is 0 Å². The first-order valence-corrected chi connectivity index (χ1v) is 12.0. The van der Waals surface area contributed by atoms with Crippen LogP contribution in [0.4, 0.5) is 18.9 Å². The van der Waals surface area contributed by atoms with Gasteiger partial charge in [0.1, 0.15) is 10.6 Å². The van der Waals surface area contributed by atoms with Gasteiger partial charge in [-0.2, -0.15) is 13.2 Å². The van der Waals surface area contributed by atoms with E-state index in [0.717, 1.165) is 17.2 Å². The molecule has 0 spiro atoms. The zero-order valence-corrected chi connectivity index (χ0v) is 19.2. The van der Waals surface area contributed by atoms with Crippen molar-refractivity contribution in [2.75, 3.05) is 4.72 Å². The van der Waals surface area contributed by atoms with Gasteiger partial charge in [0.2, 0.25) is 5.91 Å². The van der Waals surface area contributed by atoms with E-state index in [2.05, 4.69) is 15.4 Å². The van der Waals surface area contributed by atoms with Crippen molar-refractivity contribution >= 4 is 45.0 Å². The van der Waals surface area contributed by atoms with Gasteiger partial charge in [0.25, 0.3) is 10.0 Å². The second-order valence-electron chi connectivity index (χ2n) is 7.17. The van der Waals surface area contributed by atoms with Crippen molar-refractivity contribution in [1.82, 2.24) is 10.6 Å². The SMILES string of the molecule is C[C@@H](C(=O)NC1(C)NC(C(F)(F)F)=CS1)c1ccc(NS(=O)(=O)c2ccccc2Cl)cc1. The van der Waals surface area contributed by atoms with Gasteiger partial charge in [-0.15, -0.1) is 0 Å². The van der Waals surface area contributed by atoms with Gasteiger partial charge in [-0.05, 0) is 43.7 Å². The number of carbonyl (C=O) groups is 1. The van der Waals surface area contributed by atoms with E-state index in [-0.39, 0.29) is 15.6 Å². The van der Waals surface area contributed by atoms with Crippen LogP contribution in [-0.4, -0.2) is 25.5 Å². The summed E-state index contributed by atoms with van der Waals surface area (Å²) >= 11 is 6.77. The Morgan fingerprint density at radius 1 is 1.16 bits per heavy atom. The van der Waals surface area contributed by atoms with Crippen LogP contribution in [0.15, 0.2) is 64.5 Å². The van der Waals surface area contributed by atoms with Crippen LogP contribution in [0.25, 0.3) is 0 Å². The summed E-state index contributed by atoms with van der Waals surface area (Å²) in [5.74, 6) is -1.19. The molecule has 0 aromatic heterocycles. The smallest absolute Gasteiger partial charge is 0.350 e. The number of nitrogens with one attached hydrogen (secondary N) is 3. The molecule has 3 N–H and O–H groups in total. The molecule has 0 fully saturated rings. The van der Waals surface area contributed by atoms with Crippen LogP contribution >= 0.6 is 23.4 Å². The van der Waals surface area contributed by atoms with E-state index < -0.39 is 38.7 Å². The van der Waals surface area contributed by atoms with Crippen molar-refractivity contribution in [3.8, 4) is 0 Å². The van der Waals surface area contributed by atoms with Gasteiger partial charge >= 0.3 is 6.18 Å². The number of alkyl halides is 3. The lowest BCUT2D eigenvalue weighted by Crippen LogP contribution is -2.53. The number of allylic oxidation sites excluding steroid dienone is 1. The molecule has 1 aliphatic heterocycles. The monoisotopic (exact) mass is 505 g/mol. The van der Waals surface area contributed by atoms with Gasteiger partial charge in [0.15, 0.2) is 4.99 Å². The number of benzene rings is 2. The van der Waals surface area contributed by atoms with Crippen LogP contribution in [-0.2, 0) is 14.8 Å². The number of halogens is 4. The van der Waals surface area contributed by atoms with Gasteiger partial charge in [0.05, 0.1) is 10.9 Å². The summed E-state index contributed by atoms with van der Waals surface area (Å²) in [7, 11) is -3.90. The molecule has 1 aliphatic rings. The van der Waals surface area contributed by atoms with E-state index in [1.54, 1.807) is 31.2 Å². The summed E-state index contributed by atoms with van der Waals surface area (Å²) in [5, 5.41) is 5.85. The highest BCUT2D eigenvalue weighted by atomic mass is 35.5. The molecule has 0 saturated heterocycles. The summed E-state index contributed by atoms with van der Waals surface area (Å²) in [6, 6.07) is 12.1. The molecule has 0 saturated carbocycles. The minimum atomic E-state index is -4.53. The molecule has 12 heteroatoms. The maximum atomic E-state index is 12.8. The van der Waals surface area contributed by atoms with Crippen LogP contribution < -0.4 is 15.4 Å². The molecule has 1 unspecified atom stereocenters. The maximum Gasteiger partial charge on any atom is 0.431 e. The number of sulfonamides is 1. The number of anilines is 1. The topological polar surface area (TPSA) is 87.3 Å². The lowest BCUT2D eigenvalue weighted by Gasteiger charge is -2.28. The van der Waals surface area contributed by atoms with Gasteiger partial charge < -0.3 is 10.6 Å². The van der Waals surface area contributed by atoms with E-state index in [4.69, 9.17) is 11.6 Å². The normalized spacial score (nSPS) is 19.6. The second-order valence-corrected chi connectivity index (χ2v) is 10.5. The fraction of sp³-hybridized carbons (Fsp3) is 0.250. The maximum absolute atomic E-state index is 12.8. The molecule has 3 rings (SSSR count). The molecule has 2 aromatic rings. The molecular weight excluding hydrogens is 487 g/mol. The Morgan fingerprint density at radius 2 is 1.78 bits per heavy atom. The third kappa shape index (κ3) is 5.51. The highest BCUT2D eigenvalue weighted by Gasteiger charge is 2.43. The van der Waals surface area contributed by atoms with Crippen molar-refractivity contribution in [1.29, 1.82) is 0 Å². The van der Waals surface area contributed by atoms with Crippen molar-refractivity contribution in [3.05, 3.63) is 70.2 Å². The molecule has 32 heavy (non-hydrogen) atoms. The standard InChI is InChI=1S/C20H19ClF3N3O3S2/c1-12(18(28)26-19(2)25-17(11-31-19)20(22,23)24)13-7-9-14(10-8-13)27-32(29,30)16-6-4-3-5-15(16)21/h3-12,25,27H,1-2H3,(H,26,28)/t12-,19?/m1/s1. The lowest BCUT2D eigenvalue weighted by molar-refractivity contribution is -0.124. The summed E-state index contributed by atoms with van der Waals surface area (Å²) < 4.78 is 66.0. The minimum absolute atomic E-state index is 0.0693. The van der Waals surface area contributed by atoms with Crippen LogP contribution in [0.5, 0.6) is 0 Å². The largest absolute Gasteiger partial charge is 0.431 e. The van der Waals surface area contributed by atoms with E-state index >= 15 is 0 Å². The Labute approximate surface area is 192 Å². The predicted octanol–water partition coefficient (Wildman–Crippen LogP) is 4.77. The average Bonchev–Trinajstić information content (AvgIpc) is 3.10. The van der Waals surface area contributed by atoms with E-state index in [1.807, 2.05) is 0 Å². The number of rotatable bonds is 6. The van der Waals surface area contributed by atoms with Crippen molar-refractivity contribution < 1.29 is 26.4 Å². The van der Waals surface area contributed by atoms with Crippen molar-refractivity contribution in [2.45, 2.75) is 35.8 Å². The first-order valence-electron chi connectivity index (χ1n) is 9.23. The van der Waals surface area contributed by atoms with Crippen LogP contribution in [0.1, 0.15) is 25.3 Å². The number of carbonyl (C=O) groups excluding carboxylic acids is 1. The highest BCUT2D eigenvalue weighted by Crippen LogP contribution is 2.37. The number of hydrogen-bond donors (Lipinski definition) is 3. The number of thioether (sulfide) groups is 1. The zero-order chi connectivity index (χ0) is 23.7. The third-order valence-electron chi connectivity index (χ3n) is 4.64. The Kier molecular flexibility index (Phi) is 6.73. The fourth-order valence-corrected chi connectivity index (χ4v) is 5.35. The lowest BCUT2D eigenvalue weighted by atomic mass is 10.00. The Morgan fingerprint density at radius 3 is 2.34 bits per heavy atom. The molecule has 0 aliphatic carbocycles. The Hall–Kier alpha value is -2.37. The predicted molar refractivity (Wildman–Crippen MR) is 119 cm³/mol. The molecule has 6 nitrogen and oxygen atoms in total. The van der Waals surface area contributed by atoms with Gasteiger partial charge in [-0.25, -0.2) is 8.42 Å². The van der Waals surface area contributed by atoms with Gasteiger partial charge in [-0.1, -0.05) is 47.6 Å². The third-order valence-corrected chi connectivity index (χ3v) is 7.55. The summed E-state index contributed by atoms with van der Waals surface area (Å²) in [6.45, 7) is 3.03. The molecule has 0 radical (unpaired) electrons. The number of amides is 1. The molecule has 1 heterocycles. The minimum Gasteiger partial charge on any atom is -0.350 e. The van der Waals surface area contributed by atoms with Gasteiger partial charge in [-0.3, -0.25) is 9.52 Å². The summed E-state index contributed by atoms with van der Waals surface area (Å²) in [4.78, 5) is 11.2. The molecule has 1 amide bonds. The van der Waals surface area contributed by atoms with E-state index in [9.17, 15) is 26.4 Å². The van der Waals surface area contributed by atoms with Crippen LogP contribution in [0.3, 0.4) is 0 Å². The van der Waals surface area contributed by atoms with Gasteiger partial charge in [0, 0.05) is 11.1 Å². The van der Waals surface area contributed by atoms with E-state index in [1.165, 1.54) is 31.2 Å². The van der Waals surface area contributed by atoms with Crippen LogP contribution in [0, 0.1) is 0 Å². The molecular formula is C20H19ClF3N3O3S2. The first-order chi connectivity index (χ1) is 14.8.